The van der Waals surface area contributed by atoms with Gasteiger partial charge in [-0.2, -0.15) is 0 Å². The first-order chi connectivity index (χ1) is 14.7. The summed E-state index contributed by atoms with van der Waals surface area (Å²) in [6.07, 6.45) is -5.06. The standard InChI is InChI=1S/C22H24F3NO5/c1-4-29-20(21(27)28-3)13-17-6-5-7-18(12-17)15(2)26-30-14-16-8-10-19(11-9-16)31-22(23,24)25/h5-12,20H,4,13-14H2,1-3H3/b26-15+/t20-/m0/s1. The van der Waals surface area contributed by atoms with Gasteiger partial charge in [0.15, 0.2) is 6.10 Å². The molecule has 1 atom stereocenters. The molecule has 0 N–H and O–H groups in total. The number of nitrogens with zero attached hydrogens (tertiary/aromatic N) is 1. The summed E-state index contributed by atoms with van der Waals surface area (Å²) in [5.41, 5.74) is 2.91. The van der Waals surface area contributed by atoms with Crippen LogP contribution in [0.2, 0.25) is 0 Å². The average Bonchev–Trinajstić information content (AvgIpc) is 2.73. The number of hydrogen-bond acceptors (Lipinski definition) is 6. The second-order valence-electron chi connectivity index (χ2n) is 6.51. The largest absolute Gasteiger partial charge is 0.573 e. The molecular weight excluding hydrogens is 415 g/mol. The highest BCUT2D eigenvalue weighted by Gasteiger charge is 2.30. The smallest absolute Gasteiger partial charge is 0.467 e. The molecule has 2 rings (SSSR count). The van der Waals surface area contributed by atoms with Crippen LogP contribution in [0, 0.1) is 0 Å². The van der Waals surface area contributed by atoms with E-state index in [4.69, 9.17) is 14.3 Å². The molecule has 0 aliphatic carbocycles. The minimum absolute atomic E-state index is 0.0814. The van der Waals surface area contributed by atoms with Crippen LogP contribution in [-0.2, 0) is 32.1 Å². The SMILES string of the molecule is CCO[C@@H](Cc1cccc(/C(C)=N/OCc2ccc(OC(F)(F)F)cc2)c1)C(=O)OC. The topological polar surface area (TPSA) is 66.3 Å². The fourth-order valence-electron chi connectivity index (χ4n) is 2.72. The van der Waals surface area contributed by atoms with Crippen molar-refractivity contribution in [1.29, 1.82) is 0 Å². The Morgan fingerprint density at radius 2 is 1.81 bits per heavy atom. The summed E-state index contributed by atoms with van der Waals surface area (Å²) >= 11 is 0. The lowest BCUT2D eigenvalue weighted by Crippen LogP contribution is -2.28. The highest BCUT2D eigenvalue weighted by Crippen LogP contribution is 2.23. The fourth-order valence-corrected chi connectivity index (χ4v) is 2.72. The number of rotatable bonds is 10. The predicted octanol–water partition coefficient (Wildman–Crippen LogP) is 4.65. The van der Waals surface area contributed by atoms with E-state index in [0.717, 1.165) is 11.1 Å². The third-order valence-corrected chi connectivity index (χ3v) is 4.19. The Balaban J connectivity index is 1.97. The van der Waals surface area contributed by atoms with Crippen molar-refractivity contribution in [2.24, 2.45) is 5.16 Å². The summed E-state index contributed by atoms with van der Waals surface area (Å²) in [6, 6.07) is 12.8. The van der Waals surface area contributed by atoms with Crippen LogP contribution in [0.25, 0.3) is 0 Å². The molecule has 0 fully saturated rings. The summed E-state index contributed by atoms with van der Waals surface area (Å²) in [5.74, 6) is -0.738. The molecule has 2 aromatic rings. The van der Waals surface area contributed by atoms with Crippen molar-refractivity contribution in [2.45, 2.75) is 39.3 Å². The lowest BCUT2D eigenvalue weighted by atomic mass is 10.0. The maximum atomic E-state index is 12.2. The Kier molecular flexibility index (Phi) is 8.87. The molecule has 0 aromatic heterocycles. The van der Waals surface area contributed by atoms with E-state index in [-0.39, 0.29) is 12.4 Å². The number of ether oxygens (including phenoxy) is 3. The fraction of sp³-hybridized carbons (Fsp3) is 0.364. The molecule has 0 unspecified atom stereocenters. The third-order valence-electron chi connectivity index (χ3n) is 4.19. The van der Waals surface area contributed by atoms with Gasteiger partial charge in [-0.15, -0.1) is 13.2 Å². The van der Waals surface area contributed by atoms with Gasteiger partial charge in [-0.3, -0.25) is 0 Å². The molecule has 0 aliphatic rings. The highest BCUT2D eigenvalue weighted by atomic mass is 19.4. The minimum atomic E-state index is -4.73. The quantitative estimate of drug-likeness (QED) is 0.306. The molecular formula is C22H24F3NO5. The van der Waals surface area contributed by atoms with E-state index in [1.54, 1.807) is 13.8 Å². The molecule has 0 aliphatic heterocycles. The first-order valence-corrected chi connectivity index (χ1v) is 9.51. The molecule has 0 spiro atoms. The van der Waals surface area contributed by atoms with Crippen LogP contribution in [0.5, 0.6) is 5.75 Å². The number of carbonyl (C=O) groups is 1. The van der Waals surface area contributed by atoms with E-state index in [1.807, 2.05) is 24.3 Å². The second kappa shape index (κ2) is 11.4. The Labute approximate surface area is 178 Å². The van der Waals surface area contributed by atoms with Gasteiger partial charge in [0.25, 0.3) is 0 Å². The Morgan fingerprint density at radius 3 is 2.42 bits per heavy atom. The lowest BCUT2D eigenvalue weighted by molar-refractivity contribution is -0.274. The van der Waals surface area contributed by atoms with Crippen LogP contribution in [0.3, 0.4) is 0 Å². The van der Waals surface area contributed by atoms with Gasteiger partial charge in [0.1, 0.15) is 12.4 Å². The Hall–Kier alpha value is -3.07. The van der Waals surface area contributed by atoms with E-state index >= 15 is 0 Å². The van der Waals surface area contributed by atoms with Gasteiger partial charge < -0.3 is 19.0 Å². The summed E-state index contributed by atoms with van der Waals surface area (Å²) < 4.78 is 50.6. The molecule has 0 saturated carbocycles. The molecule has 0 radical (unpaired) electrons. The Morgan fingerprint density at radius 1 is 1.10 bits per heavy atom. The van der Waals surface area contributed by atoms with E-state index in [0.29, 0.717) is 24.3 Å². The first-order valence-electron chi connectivity index (χ1n) is 9.51. The van der Waals surface area contributed by atoms with Gasteiger partial charge >= 0.3 is 12.3 Å². The molecule has 0 heterocycles. The molecule has 31 heavy (non-hydrogen) atoms. The Bertz CT molecular complexity index is 881. The van der Waals surface area contributed by atoms with Crippen LogP contribution in [0.15, 0.2) is 53.7 Å². The van der Waals surface area contributed by atoms with Gasteiger partial charge in [-0.25, -0.2) is 4.79 Å². The summed E-state index contributed by atoms with van der Waals surface area (Å²) in [7, 11) is 1.32. The van der Waals surface area contributed by atoms with Crippen LogP contribution in [-0.4, -0.2) is 37.9 Å². The molecule has 0 amide bonds. The van der Waals surface area contributed by atoms with Crippen molar-refractivity contribution < 1.29 is 37.0 Å². The van der Waals surface area contributed by atoms with E-state index < -0.39 is 18.4 Å². The average molecular weight is 439 g/mol. The number of oxime groups is 1. The van der Waals surface area contributed by atoms with E-state index in [9.17, 15) is 18.0 Å². The molecule has 2 aromatic carbocycles. The normalized spacial score (nSPS) is 12.9. The third kappa shape index (κ3) is 8.29. The highest BCUT2D eigenvalue weighted by molar-refractivity contribution is 5.98. The summed E-state index contributed by atoms with van der Waals surface area (Å²) in [5, 5.41) is 4.06. The number of halogens is 3. The van der Waals surface area contributed by atoms with Crippen LogP contribution < -0.4 is 4.74 Å². The number of methoxy groups -OCH3 is 1. The monoisotopic (exact) mass is 439 g/mol. The van der Waals surface area contributed by atoms with Gasteiger partial charge in [0.2, 0.25) is 0 Å². The van der Waals surface area contributed by atoms with Crippen molar-refractivity contribution in [2.75, 3.05) is 13.7 Å². The van der Waals surface area contributed by atoms with Crippen LogP contribution >= 0.6 is 0 Å². The zero-order valence-corrected chi connectivity index (χ0v) is 17.4. The van der Waals surface area contributed by atoms with Gasteiger partial charge in [-0.05, 0) is 48.7 Å². The molecule has 0 saturated heterocycles. The number of carbonyl (C=O) groups excluding carboxylic acids is 1. The van der Waals surface area contributed by atoms with Crippen LogP contribution in [0.1, 0.15) is 30.5 Å². The second-order valence-corrected chi connectivity index (χ2v) is 6.51. The van der Waals surface area contributed by atoms with Crippen molar-refractivity contribution >= 4 is 11.7 Å². The van der Waals surface area contributed by atoms with Crippen molar-refractivity contribution in [1.82, 2.24) is 0 Å². The zero-order valence-electron chi connectivity index (χ0n) is 17.4. The predicted molar refractivity (Wildman–Crippen MR) is 108 cm³/mol. The molecule has 0 bridgehead atoms. The molecule has 9 heteroatoms. The van der Waals surface area contributed by atoms with Crippen LogP contribution in [0.4, 0.5) is 13.2 Å². The number of alkyl halides is 3. The van der Waals surface area contributed by atoms with Gasteiger partial charge in [0, 0.05) is 13.0 Å². The number of benzene rings is 2. The van der Waals surface area contributed by atoms with Crippen molar-refractivity contribution in [3.63, 3.8) is 0 Å². The van der Waals surface area contributed by atoms with Crippen molar-refractivity contribution in [3.05, 3.63) is 65.2 Å². The maximum absolute atomic E-state index is 12.2. The van der Waals surface area contributed by atoms with Gasteiger partial charge in [-0.1, -0.05) is 35.5 Å². The van der Waals surface area contributed by atoms with Gasteiger partial charge in [0.05, 0.1) is 12.8 Å². The minimum Gasteiger partial charge on any atom is -0.467 e. The first kappa shape index (κ1) is 24.2. The van der Waals surface area contributed by atoms with Crippen molar-refractivity contribution in [3.8, 4) is 5.75 Å². The molecule has 6 nitrogen and oxygen atoms in total. The molecule has 168 valence electrons. The lowest BCUT2D eigenvalue weighted by Gasteiger charge is -2.15. The zero-order chi connectivity index (χ0) is 22.9. The number of hydrogen-bond donors (Lipinski definition) is 0. The summed E-state index contributed by atoms with van der Waals surface area (Å²) in [6.45, 7) is 4.03. The number of esters is 1. The maximum Gasteiger partial charge on any atom is 0.573 e. The van der Waals surface area contributed by atoms with E-state index in [1.165, 1.54) is 31.4 Å². The van der Waals surface area contributed by atoms with E-state index in [2.05, 4.69) is 9.89 Å². The summed E-state index contributed by atoms with van der Waals surface area (Å²) in [4.78, 5) is 17.2.